The van der Waals surface area contributed by atoms with E-state index in [1.807, 2.05) is 24.3 Å². The minimum Gasteiger partial charge on any atom is -0.496 e. The molecular weight excluding hydrogens is 164 g/mol. The van der Waals surface area contributed by atoms with Gasteiger partial charge in [0.15, 0.2) is 0 Å². The van der Waals surface area contributed by atoms with Gasteiger partial charge < -0.3 is 4.74 Å². The summed E-state index contributed by atoms with van der Waals surface area (Å²) in [7, 11) is 1.62. The van der Waals surface area contributed by atoms with E-state index in [4.69, 9.17) is 16.6 Å². The molecule has 0 heterocycles. The van der Waals surface area contributed by atoms with Gasteiger partial charge in [-0.1, -0.05) is 18.2 Å². The molecule has 11 heavy (non-hydrogen) atoms. The van der Waals surface area contributed by atoms with Crippen molar-refractivity contribution in [2.24, 2.45) is 0 Å². The Bertz CT molecular complexity index is 225. The summed E-state index contributed by atoms with van der Waals surface area (Å²) in [5.74, 6) is 0.799. The van der Waals surface area contributed by atoms with Crippen LogP contribution in [0.4, 0.5) is 0 Å². The molecule has 0 aliphatic rings. The van der Waals surface area contributed by atoms with Crippen molar-refractivity contribution >= 4 is 11.9 Å². The lowest BCUT2D eigenvalue weighted by atomic mass is 10.2. The Hall–Kier alpha value is -0.730. The Balaban J connectivity index is 2.83. The Morgan fingerprint density at radius 2 is 2.09 bits per heavy atom. The lowest BCUT2D eigenvalue weighted by Crippen LogP contribution is -1.90. The SMILES string of the molecule is COc1ccccc1COCl. The second-order valence-corrected chi connectivity index (χ2v) is 2.28. The van der Waals surface area contributed by atoms with Crippen LogP contribution in [0.1, 0.15) is 5.56 Å². The summed E-state index contributed by atoms with van der Waals surface area (Å²) >= 11 is 5.11. The zero-order valence-electron chi connectivity index (χ0n) is 6.21. The van der Waals surface area contributed by atoms with Gasteiger partial charge in [0.25, 0.3) is 0 Å². The zero-order chi connectivity index (χ0) is 8.10. The smallest absolute Gasteiger partial charge is 0.124 e. The highest BCUT2D eigenvalue weighted by atomic mass is 35.5. The van der Waals surface area contributed by atoms with Gasteiger partial charge in [-0.05, 0) is 6.07 Å². The number of hydrogen-bond donors (Lipinski definition) is 0. The van der Waals surface area contributed by atoms with Gasteiger partial charge in [0.1, 0.15) is 5.75 Å². The van der Waals surface area contributed by atoms with Crippen LogP contribution in [0.5, 0.6) is 5.75 Å². The van der Waals surface area contributed by atoms with Crippen molar-refractivity contribution in [1.29, 1.82) is 0 Å². The fourth-order valence-corrected chi connectivity index (χ4v) is 0.999. The molecule has 3 heteroatoms. The van der Waals surface area contributed by atoms with Crippen LogP contribution in [-0.4, -0.2) is 7.11 Å². The van der Waals surface area contributed by atoms with Crippen LogP contribution in [0.15, 0.2) is 24.3 Å². The number of halogens is 1. The molecule has 60 valence electrons. The van der Waals surface area contributed by atoms with Crippen LogP contribution in [0.3, 0.4) is 0 Å². The summed E-state index contributed by atoms with van der Waals surface area (Å²) in [6, 6.07) is 7.58. The van der Waals surface area contributed by atoms with Gasteiger partial charge in [0, 0.05) is 5.56 Å². The quantitative estimate of drug-likeness (QED) is 0.697. The Kier molecular flexibility index (Phi) is 3.20. The number of hydrogen-bond acceptors (Lipinski definition) is 2. The van der Waals surface area contributed by atoms with Crippen LogP contribution < -0.4 is 4.74 Å². The number of ether oxygens (including phenoxy) is 1. The lowest BCUT2D eigenvalue weighted by Gasteiger charge is -2.04. The van der Waals surface area contributed by atoms with Gasteiger partial charge in [-0.3, -0.25) is 4.29 Å². The van der Waals surface area contributed by atoms with Crippen molar-refractivity contribution in [3.63, 3.8) is 0 Å². The Morgan fingerprint density at radius 1 is 1.36 bits per heavy atom. The highest BCUT2D eigenvalue weighted by molar-refractivity contribution is 6.07. The molecule has 0 aliphatic heterocycles. The maximum absolute atomic E-state index is 5.11. The summed E-state index contributed by atoms with van der Waals surface area (Å²) < 4.78 is 9.52. The zero-order valence-corrected chi connectivity index (χ0v) is 6.97. The molecule has 0 unspecified atom stereocenters. The minimum atomic E-state index is 0.367. The number of rotatable bonds is 3. The van der Waals surface area contributed by atoms with Gasteiger partial charge in [0.2, 0.25) is 0 Å². The lowest BCUT2D eigenvalue weighted by molar-refractivity contribution is 0.326. The molecule has 2 nitrogen and oxygen atoms in total. The summed E-state index contributed by atoms with van der Waals surface area (Å²) in [6.45, 7) is 0.367. The van der Waals surface area contributed by atoms with Gasteiger partial charge >= 0.3 is 0 Å². The molecule has 0 amide bonds. The maximum atomic E-state index is 5.11. The topological polar surface area (TPSA) is 18.5 Å². The predicted molar refractivity (Wildman–Crippen MR) is 43.6 cm³/mol. The standard InChI is InChI=1S/C8H9ClO2/c1-10-8-5-3-2-4-7(8)6-11-9/h2-5H,6H2,1H3. The van der Waals surface area contributed by atoms with E-state index in [9.17, 15) is 0 Å². The third kappa shape index (κ3) is 2.10. The van der Waals surface area contributed by atoms with Crippen molar-refractivity contribution in [3.05, 3.63) is 29.8 Å². The molecule has 0 fully saturated rings. The molecular formula is C8H9ClO2. The van der Waals surface area contributed by atoms with E-state index in [1.165, 1.54) is 0 Å². The first kappa shape index (κ1) is 8.37. The van der Waals surface area contributed by atoms with E-state index in [-0.39, 0.29) is 0 Å². The van der Waals surface area contributed by atoms with Crippen molar-refractivity contribution in [1.82, 2.24) is 0 Å². The second kappa shape index (κ2) is 4.21. The normalized spacial score (nSPS) is 9.64. The average molecular weight is 173 g/mol. The fourth-order valence-electron chi connectivity index (χ4n) is 0.881. The van der Waals surface area contributed by atoms with Gasteiger partial charge in [0.05, 0.1) is 25.6 Å². The monoisotopic (exact) mass is 172 g/mol. The summed E-state index contributed by atoms with van der Waals surface area (Å²) in [5.41, 5.74) is 0.949. The maximum Gasteiger partial charge on any atom is 0.124 e. The molecule has 0 spiro atoms. The molecule has 0 aromatic heterocycles. The van der Waals surface area contributed by atoms with E-state index in [2.05, 4.69) is 4.29 Å². The minimum absolute atomic E-state index is 0.367. The van der Waals surface area contributed by atoms with Crippen LogP contribution in [0.2, 0.25) is 0 Å². The largest absolute Gasteiger partial charge is 0.496 e. The van der Waals surface area contributed by atoms with E-state index in [1.54, 1.807) is 7.11 Å². The highest BCUT2D eigenvalue weighted by Crippen LogP contribution is 2.18. The molecule has 0 saturated carbocycles. The molecule has 0 bridgehead atoms. The fraction of sp³-hybridized carbons (Fsp3) is 0.250. The van der Waals surface area contributed by atoms with Crippen LogP contribution in [0, 0.1) is 0 Å². The van der Waals surface area contributed by atoms with Crippen molar-refractivity contribution in [2.45, 2.75) is 6.61 Å². The van der Waals surface area contributed by atoms with E-state index in [0.29, 0.717) is 6.61 Å². The molecule has 0 atom stereocenters. The van der Waals surface area contributed by atoms with Crippen molar-refractivity contribution in [2.75, 3.05) is 7.11 Å². The van der Waals surface area contributed by atoms with Crippen LogP contribution >= 0.6 is 11.9 Å². The first-order chi connectivity index (χ1) is 5.38. The molecule has 0 aliphatic carbocycles. The van der Waals surface area contributed by atoms with Gasteiger partial charge in [-0.25, -0.2) is 0 Å². The summed E-state index contributed by atoms with van der Waals surface area (Å²) in [6.07, 6.45) is 0. The number of para-hydroxylation sites is 1. The van der Waals surface area contributed by atoms with E-state index >= 15 is 0 Å². The van der Waals surface area contributed by atoms with Crippen LogP contribution in [0.25, 0.3) is 0 Å². The third-order valence-electron chi connectivity index (χ3n) is 1.40. The molecule has 1 aromatic rings. The molecule has 1 rings (SSSR count). The Labute approximate surface area is 70.9 Å². The third-order valence-corrected chi connectivity index (χ3v) is 1.51. The molecule has 0 N–H and O–H groups in total. The Morgan fingerprint density at radius 3 is 2.73 bits per heavy atom. The summed E-state index contributed by atoms with van der Waals surface area (Å²) in [5, 5.41) is 0. The van der Waals surface area contributed by atoms with Crippen molar-refractivity contribution < 1.29 is 9.03 Å². The van der Waals surface area contributed by atoms with E-state index < -0.39 is 0 Å². The predicted octanol–water partition coefficient (Wildman–Crippen LogP) is 2.37. The molecule has 0 saturated heterocycles. The highest BCUT2D eigenvalue weighted by Gasteiger charge is 1.99. The first-order valence-corrected chi connectivity index (χ1v) is 3.54. The first-order valence-electron chi connectivity index (χ1n) is 3.24. The van der Waals surface area contributed by atoms with Gasteiger partial charge in [-0.2, -0.15) is 0 Å². The molecule has 1 aromatic carbocycles. The van der Waals surface area contributed by atoms with E-state index in [0.717, 1.165) is 11.3 Å². The average Bonchev–Trinajstić information content (AvgIpc) is 2.06. The van der Waals surface area contributed by atoms with Gasteiger partial charge in [-0.15, -0.1) is 0 Å². The number of benzene rings is 1. The second-order valence-electron chi connectivity index (χ2n) is 2.07. The summed E-state index contributed by atoms with van der Waals surface area (Å²) in [4.78, 5) is 0. The van der Waals surface area contributed by atoms with Crippen LogP contribution in [-0.2, 0) is 10.9 Å². The van der Waals surface area contributed by atoms with Crippen molar-refractivity contribution in [3.8, 4) is 5.75 Å². The molecule has 0 radical (unpaired) electrons. The number of methoxy groups -OCH3 is 1.